The summed E-state index contributed by atoms with van der Waals surface area (Å²) in [5.74, 6) is -0.310. The molecular formula is C14H19NO4. The number of aryl methyl sites for hydroxylation is 2. The number of para-hydroxylation sites is 1. The monoisotopic (exact) mass is 265 g/mol. The van der Waals surface area contributed by atoms with Crippen molar-refractivity contribution in [3.8, 4) is 5.75 Å². The highest BCUT2D eigenvalue weighted by atomic mass is 16.5. The molecule has 0 unspecified atom stereocenters. The molecule has 1 rings (SSSR count). The Morgan fingerprint density at radius 3 is 2.37 bits per heavy atom. The van der Waals surface area contributed by atoms with Crippen LogP contribution >= 0.6 is 0 Å². The van der Waals surface area contributed by atoms with Crippen LogP contribution in [-0.2, 0) is 14.3 Å². The first kappa shape index (κ1) is 15.2. The Morgan fingerprint density at radius 1 is 1.26 bits per heavy atom. The molecule has 0 fully saturated rings. The number of carbonyl (C=O) groups excluding carboxylic acids is 2. The third-order valence-corrected chi connectivity index (χ3v) is 2.62. The Morgan fingerprint density at radius 2 is 1.84 bits per heavy atom. The molecule has 0 bridgehead atoms. The summed E-state index contributed by atoms with van der Waals surface area (Å²) in [4.78, 5) is 23.2. The van der Waals surface area contributed by atoms with Gasteiger partial charge in [0.25, 0.3) is 0 Å². The molecule has 0 heterocycles. The predicted molar refractivity (Wildman–Crippen MR) is 71.0 cm³/mol. The van der Waals surface area contributed by atoms with Crippen LogP contribution in [0.3, 0.4) is 0 Å². The molecule has 0 aliphatic heterocycles. The number of ether oxygens (including phenoxy) is 2. The van der Waals surface area contributed by atoms with Gasteiger partial charge >= 0.3 is 5.97 Å². The molecule has 1 N–H and O–H groups in total. The van der Waals surface area contributed by atoms with Gasteiger partial charge in [0, 0.05) is 7.11 Å². The van der Waals surface area contributed by atoms with Gasteiger partial charge in [-0.05, 0) is 31.9 Å². The van der Waals surface area contributed by atoms with Crippen molar-refractivity contribution in [2.45, 2.75) is 26.8 Å². The van der Waals surface area contributed by atoms with E-state index in [9.17, 15) is 9.59 Å². The molecule has 0 saturated heterocycles. The van der Waals surface area contributed by atoms with Crippen molar-refractivity contribution >= 4 is 11.9 Å². The number of hydrogen-bond acceptors (Lipinski definition) is 4. The zero-order valence-electron chi connectivity index (χ0n) is 11.6. The lowest BCUT2D eigenvalue weighted by atomic mass is 10.1. The van der Waals surface area contributed by atoms with Crippen molar-refractivity contribution in [3.05, 3.63) is 29.3 Å². The van der Waals surface area contributed by atoms with Gasteiger partial charge in [-0.2, -0.15) is 0 Å². The van der Waals surface area contributed by atoms with E-state index < -0.39 is 12.0 Å². The maximum absolute atomic E-state index is 11.9. The van der Waals surface area contributed by atoms with Gasteiger partial charge < -0.3 is 14.8 Å². The summed E-state index contributed by atoms with van der Waals surface area (Å²) in [5.41, 5.74) is 1.76. The summed E-state index contributed by atoms with van der Waals surface area (Å²) in [5, 5.41) is 2.50. The van der Waals surface area contributed by atoms with Crippen LogP contribution in [0, 0.1) is 13.8 Å². The lowest BCUT2D eigenvalue weighted by molar-refractivity contribution is -0.139. The fourth-order valence-corrected chi connectivity index (χ4v) is 1.62. The lowest BCUT2D eigenvalue weighted by Gasteiger charge is -2.15. The van der Waals surface area contributed by atoms with Gasteiger partial charge in [-0.15, -0.1) is 0 Å². The molecule has 0 saturated carbocycles. The second-order valence-corrected chi connectivity index (χ2v) is 4.36. The van der Waals surface area contributed by atoms with Crippen molar-refractivity contribution < 1.29 is 19.1 Å². The van der Waals surface area contributed by atoms with Crippen LogP contribution in [0.25, 0.3) is 0 Å². The minimum atomic E-state index is -0.721. The van der Waals surface area contributed by atoms with E-state index >= 15 is 0 Å². The molecule has 104 valence electrons. The predicted octanol–water partition coefficient (Wildman–Crippen LogP) is 1.36. The summed E-state index contributed by atoms with van der Waals surface area (Å²) < 4.78 is 10.00. The fraction of sp³-hybridized carbons (Fsp3) is 0.429. The van der Waals surface area contributed by atoms with Crippen molar-refractivity contribution in [3.63, 3.8) is 0 Å². The molecule has 1 amide bonds. The first-order valence-corrected chi connectivity index (χ1v) is 6.02. The largest absolute Gasteiger partial charge is 0.424 e. The van der Waals surface area contributed by atoms with E-state index in [0.29, 0.717) is 5.75 Å². The van der Waals surface area contributed by atoms with E-state index in [4.69, 9.17) is 4.74 Å². The van der Waals surface area contributed by atoms with Crippen molar-refractivity contribution in [1.82, 2.24) is 5.32 Å². The third-order valence-electron chi connectivity index (χ3n) is 2.62. The van der Waals surface area contributed by atoms with Gasteiger partial charge in [0.05, 0.1) is 0 Å². The molecule has 1 atom stereocenters. The number of hydrogen-bond donors (Lipinski definition) is 1. The summed E-state index contributed by atoms with van der Waals surface area (Å²) in [6.45, 7) is 5.22. The summed E-state index contributed by atoms with van der Waals surface area (Å²) in [6.07, 6.45) is 0. The van der Waals surface area contributed by atoms with Gasteiger partial charge in [0.2, 0.25) is 5.91 Å². The Kier molecular flexibility index (Phi) is 5.51. The van der Waals surface area contributed by atoms with Gasteiger partial charge in [-0.3, -0.25) is 4.79 Å². The van der Waals surface area contributed by atoms with Crippen molar-refractivity contribution in [2.75, 3.05) is 13.7 Å². The highest BCUT2D eigenvalue weighted by Crippen LogP contribution is 2.22. The van der Waals surface area contributed by atoms with Crippen LogP contribution in [0.15, 0.2) is 18.2 Å². The molecule has 0 aromatic heterocycles. The molecule has 1 aromatic carbocycles. The highest BCUT2D eigenvalue weighted by Gasteiger charge is 2.19. The summed E-state index contributed by atoms with van der Waals surface area (Å²) in [6, 6.07) is 4.90. The Bertz CT molecular complexity index is 450. The van der Waals surface area contributed by atoms with Crippen molar-refractivity contribution in [1.29, 1.82) is 0 Å². The van der Waals surface area contributed by atoms with Gasteiger partial charge in [-0.1, -0.05) is 18.2 Å². The van der Waals surface area contributed by atoms with Gasteiger partial charge in [-0.25, -0.2) is 4.79 Å². The molecule has 5 heteroatoms. The number of esters is 1. The number of carbonyl (C=O) groups is 2. The topological polar surface area (TPSA) is 64.6 Å². The van der Waals surface area contributed by atoms with E-state index in [0.717, 1.165) is 11.1 Å². The van der Waals surface area contributed by atoms with E-state index in [1.807, 2.05) is 32.0 Å². The number of benzene rings is 1. The molecule has 0 aliphatic rings. The second-order valence-electron chi connectivity index (χ2n) is 4.36. The number of amides is 1. The smallest absolute Gasteiger partial charge is 0.333 e. The number of rotatable bonds is 5. The van der Waals surface area contributed by atoms with Crippen molar-refractivity contribution in [2.24, 2.45) is 0 Å². The summed E-state index contributed by atoms with van der Waals surface area (Å²) in [7, 11) is 1.42. The van der Waals surface area contributed by atoms with Crippen LogP contribution < -0.4 is 10.1 Å². The molecule has 0 spiro atoms. The molecule has 0 radical (unpaired) electrons. The van der Waals surface area contributed by atoms with E-state index in [1.54, 1.807) is 6.92 Å². The van der Waals surface area contributed by atoms with Crippen LogP contribution in [0.2, 0.25) is 0 Å². The van der Waals surface area contributed by atoms with E-state index in [2.05, 4.69) is 10.1 Å². The first-order valence-electron chi connectivity index (χ1n) is 6.02. The normalized spacial score (nSPS) is 11.8. The quantitative estimate of drug-likeness (QED) is 0.645. The molecule has 5 nitrogen and oxygen atoms in total. The maximum atomic E-state index is 11.9. The molecule has 0 aliphatic carbocycles. The Hall–Kier alpha value is -1.88. The van der Waals surface area contributed by atoms with Crippen LogP contribution in [0.1, 0.15) is 18.1 Å². The Balaban J connectivity index is 2.66. The maximum Gasteiger partial charge on any atom is 0.333 e. The van der Waals surface area contributed by atoms with Crippen LogP contribution in [-0.4, -0.2) is 31.6 Å². The SMILES string of the molecule is COCC(=O)N[C@@H](C)C(=O)Oc1c(C)cccc1C. The minimum Gasteiger partial charge on any atom is -0.424 e. The van der Waals surface area contributed by atoms with Gasteiger partial charge in [0.1, 0.15) is 18.4 Å². The van der Waals surface area contributed by atoms with E-state index in [-0.39, 0.29) is 12.5 Å². The number of nitrogens with one attached hydrogen (secondary N) is 1. The molecular weight excluding hydrogens is 246 g/mol. The first-order chi connectivity index (χ1) is 8.95. The average molecular weight is 265 g/mol. The van der Waals surface area contributed by atoms with E-state index in [1.165, 1.54) is 7.11 Å². The average Bonchev–Trinajstić information content (AvgIpc) is 2.34. The molecule has 19 heavy (non-hydrogen) atoms. The highest BCUT2D eigenvalue weighted by molar-refractivity contribution is 5.86. The van der Waals surface area contributed by atoms with Crippen LogP contribution in [0.4, 0.5) is 0 Å². The zero-order valence-corrected chi connectivity index (χ0v) is 11.6. The Labute approximate surface area is 112 Å². The summed E-state index contributed by atoms with van der Waals surface area (Å²) >= 11 is 0. The molecule has 1 aromatic rings. The van der Waals surface area contributed by atoms with Gasteiger partial charge in [0.15, 0.2) is 0 Å². The number of methoxy groups -OCH3 is 1. The minimum absolute atomic E-state index is 0.0823. The zero-order chi connectivity index (χ0) is 14.4. The fourth-order valence-electron chi connectivity index (χ4n) is 1.62. The lowest BCUT2D eigenvalue weighted by Crippen LogP contribution is -2.42. The second kappa shape index (κ2) is 6.89. The standard InChI is InChI=1S/C14H19NO4/c1-9-6-5-7-10(2)13(9)19-14(17)11(3)15-12(16)8-18-4/h5-7,11H,8H2,1-4H3,(H,15,16)/t11-/m0/s1. The third kappa shape index (κ3) is 4.37. The van der Waals surface area contributed by atoms with Crippen LogP contribution in [0.5, 0.6) is 5.75 Å².